The van der Waals surface area contributed by atoms with Gasteiger partial charge in [0, 0.05) is 17.0 Å². The SMILES string of the molecule is C=C/C=C\C=C(/C)n1c(-c2ccc(NNC3(C(F)(F)F)CC3)cn2)c(C#N)c2ccc(C)cc21.CC.CCC(C)C(F)F. The van der Waals surface area contributed by atoms with Gasteiger partial charge in [0.2, 0.25) is 6.43 Å². The Balaban J connectivity index is 0.000000631. The summed E-state index contributed by atoms with van der Waals surface area (Å²) in [6.45, 7) is 14.9. The fourth-order valence-corrected chi connectivity index (χ4v) is 4.05. The van der Waals surface area contributed by atoms with Crippen LogP contribution in [0.15, 0.2) is 67.4 Å². The monoisotopic (exact) mass is 601 g/mol. The van der Waals surface area contributed by atoms with E-state index in [9.17, 15) is 27.2 Å². The zero-order valence-corrected chi connectivity index (χ0v) is 25.5. The maximum Gasteiger partial charge on any atom is 0.408 e. The van der Waals surface area contributed by atoms with E-state index in [1.807, 2.05) is 68.7 Å². The summed E-state index contributed by atoms with van der Waals surface area (Å²) in [5.74, 6) is -0.431. The first-order valence-electron chi connectivity index (χ1n) is 14.2. The van der Waals surface area contributed by atoms with Gasteiger partial charge in [-0.25, -0.2) is 14.2 Å². The summed E-state index contributed by atoms with van der Waals surface area (Å²) in [6.07, 6.45) is 2.90. The van der Waals surface area contributed by atoms with Gasteiger partial charge in [0.1, 0.15) is 11.6 Å². The van der Waals surface area contributed by atoms with Gasteiger partial charge in [-0.15, -0.1) is 0 Å². The molecule has 1 atom stereocenters. The Morgan fingerprint density at radius 2 is 1.86 bits per heavy atom. The predicted octanol–water partition coefficient (Wildman–Crippen LogP) is 9.82. The van der Waals surface area contributed by atoms with E-state index in [1.54, 1.807) is 32.1 Å². The molecule has 0 amide bonds. The highest BCUT2D eigenvalue weighted by atomic mass is 19.4. The van der Waals surface area contributed by atoms with Gasteiger partial charge < -0.3 is 9.99 Å². The number of pyridine rings is 1. The lowest BCUT2D eigenvalue weighted by molar-refractivity contribution is -0.164. The van der Waals surface area contributed by atoms with Crippen molar-refractivity contribution in [3.63, 3.8) is 0 Å². The van der Waals surface area contributed by atoms with Crippen LogP contribution in [0.3, 0.4) is 0 Å². The van der Waals surface area contributed by atoms with E-state index in [4.69, 9.17) is 0 Å². The Labute approximate surface area is 250 Å². The number of nitrogens with zero attached hydrogens (tertiary/aromatic N) is 3. The van der Waals surface area contributed by atoms with Gasteiger partial charge in [-0.3, -0.25) is 4.98 Å². The van der Waals surface area contributed by atoms with Crippen LogP contribution in [0, 0.1) is 24.2 Å². The van der Waals surface area contributed by atoms with E-state index in [2.05, 4.69) is 28.5 Å². The molecule has 1 aromatic carbocycles. The number of hydrogen-bond donors (Lipinski definition) is 2. The fraction of sp³-hybridized carbons (Fsp3) is 0.394. The van der Waals surface area contributed by atoms with Crippen molar-refractivity contribution in [2.45, 2.75) is 78.9 Å². The first kappa shape index (κ1) is 35.2. The number of fused-ring (bicyclic) bond motifs is 1. The molecule has 5 nitrogen and oxygen atoms in total. The van der Waals surface area contributed by atoms with E-state index in [1.165, 1.54) is 6.20 Å². The normalized spacial score (nSPS) is 14.8. The molecule has 1 unspecified atom stereocenters. The van der Waals surface area contributed by atoms with Crippen molar-refractivity contribution in [3.05, 3.63) is 78.5 Å². The average molecular weight is 602 g/mol. The molecule has 2 N–H and O–H groups in total. The number of allylic oxidation sites excluding steroid dienone is 5. The molecular weight excluding hydrogens is 561 g/mol. The van der Waals surface area contributed by atoms with Gasteiger partial charge in [-0.2, -0.15) is 18.4 Å². The molecule has 0 bridgehead atoms. The molecule has 0 spiro atoms. The molecule has 0 radical (unpaired) electrons. The minimum atomic E-state index is -4.32. The van der Waals surface area contributed by atoms with Gasteiger partial charge in [-0.05, 0) is 62.9 Å². The Morgan fingerprint density at radius 1 is 1.19 bits per heavy atom. The smallest absolute Gasteiger partial charge is 0.319 e. The lowest BCUT2D eigenvalue weighted by Gasteiger charge is -2.21. The molecule has 10 heteroatoms. The Bertz CT molecular complexity index is 1460. The molecule has 2 heterocycles. The number of nitrogens with one attached hydrogen (secondary N) is 2. The van der Waals surface area contributed by atoms with E-state index >= 15 is 0 Å². The van der Waals surface area contributed by atoms with Crippen LogP contribution in [0.1, 0.15) is 65.0 Å². The topological polar surface area (TPSA) is 65.7 Å². The molecule has 2 aromatic heterocycles. The number of aromatic nitrogens is 2. The molecule has 43 heavy (non-hydrogen) atoms. The van der Waals surface area contributed by atoms with Crippen molar-refractivity contribution in [1.82, 2.24) is 15.0 Å². The summed E-state index contributed by atoms with van der Waals surface area (Å²) in [7, 11) is 0. The summed E-state index contributed by atoms with van der Waals surface area (Å²) in [4.78, 5) is 4.48. The Morgan fingerprint density at radius 3 is 2.33 bits per heavy atom. The first-order chi connectivity index (χ1) is 20.4. The zero-order valence-electron chi connectivity index (χ0n) is 25.5. The average Bonchev–Trinajstić information content (AvgIpc) is 3.73. The largest absolute Gasteiger partial charge is 0.408 e. The number of nitriles is 1. The van der Waals surface area contributed by atoms with Crippen LogP contribution < -0.4 is 10.9 Å². The van der Waals surface area contributed by atoms with Crippen molar-refractivity contribution in [2.24, 2.45) is 5.92 Å². The zero-order chi connectivity index (χ0) is 32.4. The van der Waals surface area contributed by atoms with E-state index in [0.717, 1.165) is 22.2 Å². The molecular formula is C33H40F5N5. The van der Waals surface area contributed by atoms with Crippen LogP contribution in [0.5, 0.6) is 0 Å². The fourth-order valence-electron chi connectivity index (χ4n) is 4.05. The van der Waals surface area contributed by atoms with Gasteiger partial charge in [0.05, 0.1) is 34.4 Å². The number of hydrogen-bond acceptors (Lipinski definition) is 4. The molecule has 3 aromatic rings. The van der Waals surface area contributed by atoms with Crippen LogP contribution in [-0.2, 0) is 0 Å². The van der Waals surface area contributed by atoms with E-state index in [0.29, 0.717) is 29.1 Å². The minimum absolute atomic E-state index is 0.0337. The highest BCUT2D eigenvalue weighted by molar-refractivity contribution is 5.97. The second-order valence-electron chi connectivity index (χ2n) is 10.1. The van der Waals surface area contributed by atoms with Crippen molar-refractivity contribution in [3.8, 4) is 17.5 Å². The van der Waals surface area contributed by atoms with Crippen molar-refractivity contribution < 1.29 is 22.0 Å². The van der Waals surface area contributed by atoms with E-state index in [-0.39, 0.29) is 12.8 Å². The Kier molecular flexibility index (Phi) is 12.7. The second-order valence-corrected chi connectivity index (χ2v) is 10.1. The minimum Gasteiger partial charge on any atom is -0.319 e. The third-order valence-corrected chi connectivity index (χ3v) is 6.99. The molecule has 1 aliphatic carbocycles. The summed E-state index contributed by atoms with van der Waals surface area (Å²) in [5, 5.41) is 10.8. The van der Waals surface area contributed by atoms with Gasteiger partial charge in [0.15, 0.2) is 0 Å². The number of halogens is 5. The summed E-state index contributed by atoms with van der Waals surface area (Å²) in [5.41, 5.74) is 7.98. The number of aryl methyl sites for hydroxylation is 1. The third-order valence-electron chi connectivity index (χ3n) is 6.99. The van der Waals surface area contributed by atoms with Crippen LogP contribution in [-0.4, -0.2) is 27.7 Å². The maximum absolute atomic E-state index is 13.2. The number of anilines is 1. The third kappa shape index (κ3) is 8.54. The van der Waals surface area contributed by atoms with Gasteiger partial charge >= 0.3 is 6.18 Å². The standard InChI is InChI=1S/C26H24F3N5.C5H10F2.C2H6/c1-4-5-6-7-18(3)34-23-14-17(2)8-10-20(23)21(15-30)24(34)22-11-9-19(16-31-22)32-33-25(12-13-25)26(27,28)29;1-3-4(2)5(6)7;1-2/h4-11,14,16,32-33H,1,12-13H2,2-3H3;4-5H,3H2,1-2H3;1-2H3/b6-5-,18-7+;;. The molecule has 1 fully saturated rings. The van der Waals surface area contributed by atoms with Crippen molar-refractivity contribution in [2.75, 3.05) is 5.43 Å². The van der Waals surface area contributed by atoms with Crippen molar-refractivity contribution in [1.29, 1.82) is 5.26 Å². The lowest BCUT2D eigenvalue weighted by atomic mass is 10.1. The van der Waals surface area contributed by atoms with Crippen molar-refractivity contribution >= 4 is 22.3 Å². The molecule has 4 rings (SSSR count). The molecule has 1 saturated carbocycles. The second kappa shape index (κ2) is 15.5. The highest BCUT2D eigenvalue weighted by Gasteiger charge is 2.63. The highest BCUT2D eigenvalue weighted by Crippen LogP contribution is 2.48. The summed E-state index contributed by atoms with van der Waals surface area (Å²) < 4.78 is 64.3. The van der Waals surface area contributed by atoms with Crippen LogP contribution in [0.4, 0.5) is 27.6 Å². The number of alkyl halides is 5. The van der Waals surface area contributed by atoms with E-state index < -0.39 is 24.1 Å². The molecule has 232 valence electrons. The van der Waals surface area contributed by atoms with Crippen LogP contribution in [0.25, 0.3) is 28.0 Å². The molecule has 1 aliphatic rings. The Hall–Kier alpha value is -3.97. The van der Waals surface area contributed by atoms with Crippen LogP contribution in [0.2, 0.25) is 0 Å². The number of rotatable bonds is 9. The maximum atomic E-state index is 13.2. The first-order valence-corrected chi connectivity index (χ1v) is 14.2. The molecule has 0 aliphatic heterocycles. The molecule has 0 saturated heterocycles. The van der Waals surface area contributed by atoms with Gasteiger partial charge in [-0.1, -0.05) is 64.6 Å². The van der Waals surface area contributed by atoms with Crippen LogP contribution >= 0.6 is 0 Å². The van der Waals surface area contributed by atoms with Gasteiger partial charge in [0.25, 0.3) is 0 Å². The lowest BCUT2D eigenvalue weighted by Crippen LogP contribution is -2.47. The predicted molar refractivity (Wildman–Crippen MR) is 165 cm³/mol. The quantitative estimate of drug-likeness (QED) is 0.146. The summed E-state index contributed by atoms with van der Waals surface area (Å²) >= 11 is 0. The number of hydrazine groups is 1. The number of benzene rings is 1. The summed E-state index contributed by atoms with van der Waals surface area (Å²) in [6, 6.07) is 11.5.